The maximum atomic E-state index is 13.0. The average Bonchev–Trinajstić information content (AvgIpc) is 2.81. The third-order valence-electron chi connectivity index (χ3n) is 5.05. The minimum Gasteiger partial charge on any atom is -0.490 e. The van der Waals surface area contributed by atoms with Crippen LogP contribution >= 0.6 is 0 Å². The number of nitro groups is 1. The molecule has 0 fully saturated rings. The van der Waals surface area contributed by atoms with Gasteiger partial charge in [-0.3, -0.25) is 19.7 Å². The van der Waals surface area contributed by atoms with Crippen LogP contribution in [-0.4, -0.2) is 54.5 Å². The molecule has 9 nitrogen and oxygen atoms in total. The molecule has 0 heterocycles. The SMILES string of the molecule is COc1cc(OCC(=O)N(CCc2ccccc2)C(C)C(=O)NCC(C)C)ccc1[N+](=O)[O-]. The first kappa shape index (κ1) is 25.6. The van der Waals surface area contributed by atoms with E-state index in [1.807, 2.05) is 44.2 Å². The summed E-state index contributed by atoms with van der Waals surface area (Å²) in [7, 11) is 1.32. The van der Waals surface area contributed by atoms with E-state index >= 15 is 0 Å². The van der Waals surface area contributed by atoms with E-state index in [0.29, 0.717) is 19.5 Å². The van der Waals surface area contributed by atoms with Crippen LogP contribution in [0.15, 0.2) is 48.5 Å². The zero-order valence-electron chi connectivity index (χ0n) is 19.4. The number of amides is 2. The van der Waals surface area contributed by atoms with Gasteiger partial charge in [0.25, 0.3) is 5.91 Å². The van der Waals surface area contributed by atoms with Gasteiger partial charge in [0.1, 0.15) is 11.8 Å². The molecule has 2 rings (SSSR count). The predicted molar refractivity (Wildman–Crippen MR) is 124 cm³/mol. The molecule has 0 saturated carbocycles. The van der Waals surface area contributed by atoms with E-state index in [-0.39, 0.29) is 41.5 Å². The summed E-state index contributed by atoms with van der Waals surface area (Å²) in [5.41, 5.74) is 0.849. The highest BCUT2D eigenvalue weighted by Gasteiger charge is 2.26. The lowest BCUT2D eigenvalue weighted by Crippen LogP contribution is -2.50. The Balaban J connectivity index is 2.11. The Kier molecular flexibility index (Phi) is 9.65. The van der Waals surface area contributed by atoms with E-state index in [1.54, 1.807) is 6.92 Å². The minimum absolute atomic E-state index is 0.0345. The lowest BCUT2D eigenvalue weighted by molar-refractivity contribution is -0.385. The summed E-state index contributed by atoms with van der Waals surface area (Å²) in [6.07, 6.45) is 0.583. The van der Waals surface area contributed by atoms with Gasteiger partial charge in [-0.2, -0.15) is 0 Å². The summed E-state index contributed by atoms with van der Waals surface area (Å²) in [4.78, 5) is 37.7. The fourth-order valence-electron chi connectivity index (χ4n) is 3.15. The van der Waals surface area contributed by atoms with Crippen molar-refractivity contribution in [3.8, 4) is 11.5 Å². The summed E-state index contributed by atoms with van der Waals surface area (Å²) in [6, 6.07) is 13.0. The summed E-state index contributed by atoms with van der Waals surface area (Å²) >= 11 is 0. The molecule has 0 aliphatic heterocycles. The second-order valence-corrected chi connectivity index (χ2v) is 8.02. The Hall–Kier alpha value is -3.62. The number of hydrogen-bond donors (Lipinski definition) is 1. The standard InChI is InChI=1S/C24H31N3O6/c1-17(2)15-25-24(29)18(3)26(13-12-19-8-6-5-7-9-19)23(28)16-33-20-10-11-21(27(30)31)22(14-20)32-4/h5-11,14,17-18H,12-13,15-16H2,1-4H3,(H,25,29). The predicted octanol–water partition coefficient (Wildman–Crippen LogP) is 3.21. The van der Waals surface area contributed by atoms with Gasteiger partial charge in [0.05, 0.1) is 12.0 Å². The van der Waals surface area contributed by atoms with Gasteiger partial charge in [-0.1, -0.05) is 44.2 Å². The van der Waals surface area contributed by atoms with Gasteiger partial charge in [-0.15, -0.1) is 0 Å². The normalized spacial score (nSPS) is 11.5. The quantitative estimate of drug-likeness (QED) is 0.387. The Morgan fingerprint density at radius 1 is 1.12 bits per heavy atom. The second kappa shape index (κ2) is 12.4. The van der Waals surface area contributed by atoms with E-state index in [4.69, 9.17) is 9.47 Å². The molecule has 0 saturated heterocycles. The molecule has 0 aliphatic carbocycles. The van der Waals surface area contributed by atoms with Crippen LogP contribution in [0.5, 0.6) is 11.5 Å². The van der Waals surface area contributed by atoms with E-state index in [1.165, 1.54) is 30.2 Å². The first-order valence-corrected chi connectivity index (χ1v) is 10.8. The average molecular weight is 458 g/mol. The molecule has 2 aromatic rings. The lowest BCUT2D eigenvalue weighted by atomic mass is 10.1. The Labute approximate surface area is 193 Å². The van der Waals surface area contributed by atoms with Crippen molar-refractivity contribution in [2.24, 2.45) is 5.92 Å². The van der Waals surface area contributed by atoms with Crippen molar-refractivity contribution in [2.45, 2.75) is 33.2 Å². The third kappa shape index (κ3) is 7.78. The van der Waals surface area contributed by atoms with Gasteiger partial charge < -0.3 is 19.7 Å². The van der Waals surface area contributed by atoms with Crippen LogP contribution in [0.2, 0.25) is 0 Å². The van der Waals surface area contributed by atoms with Crippen LogP contribution in [0.4, 0.5) is 5.69 Å². The Bertz CT molecular complexity index is 948. The van der Waals surface area contributed by atoms with E-state index < -0.39 is 11.0 Å². The van der Waals surface area contributed by atoms with Crippen molar-refractivity contribution in [3.63, 3.8) is 0 Å². The molecule has 1 atom stereocenters. The fraction of sp³-hybridized carbons (Fsp3) is 0.417. The molecular formula is C24H31N3O6. The number of carbonyl (C=O) groups is 2. The van der Waals surface area contributed by atoms with Gasteiger partial charge in [-0.25, -0.2) is 0 Å². The first-order valence-electron chi connectivity index (χ1n) is 10.8. The maximum Gasteiger partial charge on any atom is 0.311 e. The number of nitro benzene ring substituents is 1. The number of rotatable bonds is 12. The monoisotopic (exact) mass is 457 g/mol. The molecule has 178 valence electrons. The fourth-order valence-corrected chi connectivity index (χ4v) is 3.15. The van der Waals surface area contributed by atoms with Gasteiger partial charge in [0.2, 0.25) is 11.7 Å². The highest BCUT2D eigenvalue weighted by Crippen LogP contribution is 2.30. The Morgan fingerprint density at radius 3 is 2.42 bits per heavy atom. The van der Waals surface area contributed by atoms with E-state index in [2.05, 4.69) is 5.32 Å². The summed E-state index contributed by atoms with van der Waals surface area (Å²) < 4.78 is 10.6. The van der Waals surface area contributed by atoms with E-state index in [9.17, 15) is 19.7 Å². The van der Waals surface area contributed by atoms with Crippen molar-refractivity contribution in [1.29, 1.82) is 0 Å². The van der Waals surface area contributed by atoms with Crippen LogP contribution in [0.1, 0.15) is 26.3 Å². The number of methoxy groups -OCH3 is 1. The van der Waals surface area contributed by atoms with Crippen LogP contribution in [0.25, 0.3) is 0 Å². The van der Waals surface area contributed by atoms with Crippen LogP contribution in [-0.2, 0) is 16.0 Å². The number of carbonyl (C=O) groups excluding carboxylic acids is 2. The molecule has 0 radical (unpaired) electrons. The summed E-state index contributed by atoms with van der Waals surface area (Å²) in [5.74, 6) is -0.0225. The first-order chi connectivity index (χ1) is 15.7. The van der Waals surface area contributed by atoms with Gasteiger partial charge in [-0.05, 0) is 30.9 Å². The molecule has 1 unspecified atom stereocenters. The van der Waals surface area contributed by atoms with Crippen LogP contribution in [0.3, 0.4) is 0 Å². The second-order valence-electron chi connectivity index (χ2n) is 8.02. The molecular weight excluding hydrogens is 426 g/mol. The van der Waals surface area contributed by atoms with Crippen molar-refractivity contribution in [1.82, 2.24) is 10.2 Å². The molecule has 33 heavy (non-hydrogen) atoms. The van der Waals surface area contributed by atoms with Crippen molar-refractivity contribution < 1.29 is 24.0 Å². The third-order valence-corrected chi connectivity index (χ3v) is 5.05. The highest BCUT2D eigenvalue weighted by atomic mass is 16.6. The molecule has 9 heteroatoms. The van der Waals surface area contributed by atoms with E-state index in [0.717, 1.165) is 5.56 Å². The van der Waals surface area contributed by atoms with Crippen LogP contribution in [0, 0.1) is 16.0 Å². The van der Waals surface area contributed by atoms with Crippen molar-refractivity contribution >= 4 is 17.5 Å². The van der Waals surface area contributed by atoms with Gasteiger partial charge in [0.15, 0.2) is 6.61 Å². The smallest absolute Gasteiger partial charge is 0.311 e. The summed E-state index contributed by atoms with van der Waals surface area (Å²) in [6.45, 7) is 6.21. The number of nitrogens with one attached hydrogen (secondary N) is 1. The zero-order valence-corrected chi connectivity index (χ0v) is 19.4. The topological polar surface area (TPSA) is 111 Å². The van der Waals surface area contributed by atoms with Crippen molar-refractivity contribution in [3.05, 3.63) is 64.2 Å². The Morgan fingerprint density at radius 2 is 1.82 bits per heavy atom. The molecule has 0 aromatic heterocycles. The largest absolute Gasteiger partial charge is 0.490 e. The molecule has 2 aromatic carbocycles. The summed E-state index contributed by atoms with van der Waals surface area (Å²) in [5, 5.41) is 13.9. The molecule has 2 amide bonds. The zero-order chi connectivity index (χ0) is 24.4. The number of nitrogens with zero attached hydrogens (tertiary/aromatic N) is 2. The molecule has 1 N–H and O–H groups in total. The molecule has 0 spiro atoms. The van der Waals surface area contributed by atoms with Gasteiger partial charge >= 0.3 is 5.69 Å². The lowest BCUT2D eigenvalue weighted by Gasteiger charge is -2.29. The molecule has 0 aliphatic rings. The molecule has 0 bridgehead atoms. The number of benzene rings is 2. The maximum absolute atomic E-state index is 13.0. The number of hydrogen-bond acceptors (Lipinski definition) is 6. The van der Waals surface area contributed by atoms with Gasteiger partial charge in [0, 0.05) is 25.2 Å². The number of ether oxygens (including phenoxy) is 2. The minimum atomic E-state index is -0.685. The highest BCUT2D eigenvalue weighted by molar-refractivity contribution is 5.88. The van der Waals surface area contributed by atoms with Crippen molar-refractivity contribution in [2.75, 3.05) is 26.8 Å². The van der Waals surface area contributed by atoms with Crippen LogP contribution < -0.4 is 14.8 Å².